The Morgan fingerprint density at radius 2 is 2.23 bits per heavy atom. The highest BCUT2D eigenvalue weighted by Gasteiger charge is 2.33. The summed E-state index contributed by atoms with van der Waals surface area (Å²) in [4.78, 5) is 19.1. The number of nitrogens with zero attached hydrogens (tertiary/aromatic N) is 3. The topological polar surface area (TPSA) is 66.4 Å². The summed E-state index contributed by atoms with van der Waals surface area (Å²) in [6.45, 7) is 6.37. The van der Waals surface area contributed by atoms with Gasteiger partial charge in [-0.1, -0.05) is 0 Å². The number of benzene rings is 1. The van der Waals surface area contributed by atoms with Gasteiger partial charge in [-0.15, -0.1) is 0 Å². The summed E-state index contributed by atoms with van der Waals surface area (Å²) in [7, 11) is 0. The number of cyclic esters (lactones) is 1. The number of hydrogen-bond donors (Lipinski definition) is 1. The van der Waals surface area contributed by atoms with Crippen LogP contribution < -0.4 is 15.1 Å². The highest BCUT2D eigenvalue weighted by Crippen LogP contribution is 2.28. The summed E-state index contributed by atoms with van der Waals surface area (Å²) in [5.74, 6) is 1.95. The number of thiocarbonyl (C=S) groups is 1. The van der Waals surface area contributed by atoms with E-state index in [9.17, 15) is 9.18 Å². The van der Waals surface area contributed by atoms with Crippen molar-refractivity contribution >= 4 is 40.7 Å². The van der Waals surface area contributed by atoms with E-state index in [1.54, 1.807) is 12.1 Å². The molecule has 1 aromatic carbocycles. The molecular formula is C17H19FN4O3S. The fourth-order valence-electron chi connectivity index (χ4n) is 2.88. The first-order valence-corrected chi connectivity index (χ1v) is 8.60. The number of amides is 1. The fraction of sp³-hybridized carbons (Fsp3) is 0.412. The second kappa shape index (κ2) is 8.27. The summed E-state index contributed by atoms with van der Waals surface area (Å²) in [6, 6.07) is 4.76. The lowest BCUT2D eigenvalue weighted by Gasteiger charge is -2.29. The molecule has 3 rings (SSSR count). The number of anilines is 2. The standard InChI is InChI=1S/C17H19FN4O3S/c1-2-19-16(26)20-10-13-11-22(17(23)25-13)12-3-4-15(14(18)9-12)21-5-7-24-8-6-21/h3-4,9,13H,1,5-8,10-11H2,(H,20,26)/t13-/m0/s1. The van der Waals surface area contributed by atoms with E-state index in [1.165, 1.54) is 11.0 Å². The van der Waals surface area contributed by atoms with Gasteiger partial charge in [0.2, 0.25) is 5.11 Å². The molecule has 2 aliphatic heterocycles. The molecule has 9 heteroatoms. The van der Waals surface area contributed by atoms with Crippen molar-refractivity contribution in [3.05, 3.63) is 30.6 Å². The summed E-state index contributed by atoms with van der Waals surface area (Å²) in [6.07, 6.45) is -0.934. The molecule has 0 unspecified atom stereocenters. The van der Waals surface area contributed by atoms with Crippen LogP contribution in [0.2, 0.25) is 0 Å². The van der Waals surface area contributed by atoms with E-state index in [1.807, 2.05) is 4.90 Å². The van der Waals surface area contributed by atoms with Gasteiger partial charge >= 0.3 is 6.09 Å². The Balaban J connectivity index is 1.65. The zero-order chi connectivity index (χ0) is 18.5. The number of ether oxygens (including phenoxy) is 2. The number of nitrogens with one attached hydrogen (secondary N) is 1. The van der Waals surface area contributed by atoms with E-state index in [2.05, 4.69) is 22.8 Å². The Bertz CT molecular complexity index is 748. The minimum Gasteiger partial charge on any atom is -0.442 e. The Hall–Kier alpha value is -2.48. The van der Waals surface area contributed by atoms with Crippen molar-refractivity contribution in [1.29, 1.82) is 0 Å². The van der Waals surface area contributed by atoms with Gasteiger partial charge in [0.25, 0.3) is 0 Å². The lowest BCUT2D eigenvalue weighted by Crippen LogP contribution is -2.36. The zero-order valence-electron chi connectivity index (χ0n) is 14.1. The maximum atomic E-state index is 14.5. The lowest BCUT2D eigenvalue weighted by atomic mass is 10.2. The SMILES string of the molecule is C=C=NC(=S)NC[C@H]1CN(c2ccc(N3CCOCC3)c(F)c2)C(=O)O1. The number of rotatable bonds is 4. The van der Waals surface area contributed by atoms with Crippen molar-refractivity contribution in [1.82, 2.24) is 5.32 Å². The minimum atomic E-state index is -0.520. The number of hydrogen-bond acceptors (Lipinski definition) is 5. The Morgan fingerprint density at radius 1 is 1.46 bits per heavy atom. The molecule has 0 saturated carbocycles. The third kappa shape index (κ3) is 4.19. The maximum absolute atomic E-state index is 14.5. The van der Waals surface area contributed by atoms with Crippen molar-refractivity contribution < 1.29 is 18.7 Å². The summed E-state index contributed by atoms with van der Waals surface area (Å²) in [5, 5.41) is 3.07. The van der Waals surface area contributed by atoms with Crippen molar-refractivity contribution in [3.63, 3.8) is 0 Å². The molecule has 2 fully saturated rings. The molecular weight excluding hydrogens is 359 g/mol. The Kier molecular flexibility index (Phi) is 5.82. The highest BCUT2D eigenvalue weighted by molar-refractivity contribution is 7.80. The summed E-state index contributed by atoms with van der Waals surface area (Å²) >= 11 is 4.94. The number of morpholine rings is 1. The third-order valence-electron chi connectivity index (χ3n) is 4.13. The van der Waals surface area contributed by atoms with Crippen LogP contribution in [-0.4, -0.2) is 62.6 Å². The van der Waals surface area contributed by atoms with E-state index in [-0.39, 0.29) is 10.9 Å². The maximum Gasteiger partial charge on any atom is 0.414 e. The molecule has 1 amide bonds. The first-order chi connectivity index (χ1) is 12.6. The van der Waals surface area contributed by atoms with Crippen LogP contribution in [0.1, 0.15) is 0 Å². The van der Waals surface area contributed by atoms with Gasteiger partial charge in [-0.25, -0.2) is 9.18 Å². The van der Waals surface area contributed by atoms with Crippen molar-refractivity contribution in [2.45, 2.75) is 6.10 Å². The second-order valence-electron chi connectivity index (χ2n) is 5.81. The van der Waals surface area contributed by atoms with E-state index < -0.39 is 12.2 Å². The first kappa shape index (κ1) is 18.3. The fourth-order valence-corrected chi connectivity index (χ4v) is 3.02. The van der Waals surface area contributed by atoms with Crippen molar-refractivity contribution in [2.24, 2.45) is 4.99 Å². The number of aliphatic imine (C=N–C) groups is 1. The molecule has 138 valence electrons. The lowest BCUT2D eigenvalue weighted by molar-refractivity contribution is 0.122. The summed E-state index contributed by atoms with van der Waals surface area (Å²) in [5.41, 5.74) is 0.967. The van der Waals surface area contributed by atoms with Crippen LogP contribution in [0.4, 0.5) is 20.6 Å². The van der Waals surface area contributed by atoms with Gasteiger partial charge in [-0.05, 0) is 42.9 Å². The quantitative estimate of drug-likeness (QED) is 0.636. The predicted molar refractivity (Wildman–Crippen MR) is 101 cm³/mol. The molecule has 1 atom stereocenters. The minimum absolute atomic E-state index is 0.218. The van der Waals surface area contributed by atoms with Crippen LogP contribution in [0.15, 0.2) is 29.8 Å². The first-order valence-electron chi connectivity index (χ1n) is 8.19. The van der Waals surface area contributed by atoms with Crippen LogP contribution in [0.5, 0.6) is 0 Å². The van der Waals surface area contributed by atoms with Crippen LogP contribution in [0, 0.1) is 5.82 Å². The average molecular weight is 378 g/mol. The van der Waals surface area contributed by atoms with Gasteiger partial charge in [-0.3, -0.25) is 4.90 Å². The molecule has 0 aromatic heterocycles. The highest BCUT2D eigenvalue weighted by atomic mass is 32.1. The predicted octanol–water partition coefficient (Wildman–Crippen LogP) is 1.72. The third-order valence-corrected chi connectivity index (χ3v) is 4.37. The summed E-state index contributed by atoms with van der Waals surface area (Å²) < 4.78 is 25.1. The van der Waals surface area contributed by atoms with Crippen molar-refractivity contribution in [3.8, 4) is 0 Å². The van der Waals surface area contributed by atoms with Gasteiger partial charge in [0, 0.05) is 13.1 Å². The number of carbonyl (C=O) groups is 1. The number of carbonyl (C=O) groups excluding carboxylic acids is 1. The molecule has 2 heterocycles. The second-order valence-corrected chi connectivity index (χ2v) is 6.19. The largest absolute Gasteiger partial charge is 0.442 e. The van der Waals surface area contributed by atoms with Crippen LogP contribution in [0.3, 0.4) is 0 Å². The van der Waals surface area contributed by atoms with Gasteiger partial charge in [0.1, 0.15) is 11.9 Å². The smallest absolute Gasteiger partial charge is 0.414 e. The molecule has 26 heavy (non-hydrogen) atoms. The van der Waals surface area contributed by atoms with Gasteiger partial charge in [-0.2, -0.15) is 4.99 Å². The molecule has 0 aliphatic carbocycles. The van der Waals surface area contributed by atoms with Gasteiger partial charge in [0.05, 0.1) is 37.7 Å². The average Bonchev–Trinajstić information content (AvgIpc) is 3.02. The molecule has 0 radical (unpaired) electrons. The van der Waals surface area contributed by atoms with Crippen LogP contribution in [-0.2, 0) is 9.47 Å². The van der Waals surface area contributed by atoms with E-state index >= 15 is 0 Å². The number of halogens is 1. The molecule has 0 spiro atoms. The van der Waals surface area contributed by atoms with E-state index in [4.69, 9.17) is 21.7 Å². The molecule has 2 aliphatic rings. The van der Waals surface area contributed by atoms with Gasteiger partial charge < -0.3 is 19.7 Å². The molecule has 7 nitrogen and oxygen atoms in total. The van der Waals surface area contributed by atoms with Crippen molar-refractivity contribution in [2.75, 3.05) is 49.2 Å². The monoisotopic (exact) mass is 378 g/mol. The van der Waals surface area contributed by atoms with Crippen LogP contribution in [0.25, 0.3) is 0 Å². The van der Waals surface area contributed by atoms with E-state index in [0.717, 1.165) is 0 Å². The Morgan fingerprint density at radius 3 is 2.92 bits per heavy atom. The van der Waals surface area contributed by atoms with Gasteiger partial charge in [0.15, 0.2) is 0 Å². The zero-order valence-corrected chi connectivity index (χ0v) is 14.9. The van der Waals surface area contributed by atoms with E-state index in [0.29, 0.717) is 50.8 Å². The molecule has 1 aromatic rings. The molecule has 2 saturated heterocycles. The molecule has 1 N–H and O–H groups in total. The Labute approximate surface area is 156 Å². The molecule has 0 bridgehead atoms. The van der Waals surface area contributed by atoms with Crippen LogP contribution >= 0.6 is 12.2 Å². The normalized spacial score (nSPS) is 19.7.